The monoisotopic (exact) mass is 389 g/mol. The van der Waals surface area contributed by atoms with E-state index in [4.69, 9.17) is 4.74 Å². The Bertz CT molecular complexity index is 720. The first-order chi connectivity index (χ1) is 12.9. The third-order valence-corrected chi connectivity index (χ3v) is 5.16. The number of carbonyl (C=O) groups excluding carboxylic acids is 3. The van der Waals surface area contributed by atoms with Gasteiger partial charge in [-0.25, -0.2) is 4.79 Å². The number of ketones is 2. The summed E-state index contributed by atoms with van der Waals surface area (Å²) < 4.78 is 5.53. The first kappa shape index (κ1) is 22.1. The summed E-state index contributed by atoms with van der Waals surface area (Å²) in [6.07, 6.45) is 0.148. The molecular formula is C22H31NO5. The fourth-order valence-electron chi connectivity index (χ4n) is 3.88. The molecule has 1 N–H and O–H groups in total. The van der Waals surface area contributed by atoms with Crippen LogP contribution in [0.25, 0.3) is 0 Å². The lowest BCUT2D eigenvalue weighted by Crippen LogP contribution is -2.42. The van der Waals surface area contributed by atoms with Crippen molar-refractivity contribution in [3.63, 3.8) is 0 Å². The van der Waals surface area contributed by atoms with Crippen molar-refractivity contribution in [2.45, 2.75) is 65.2 Å². The predicted molar refractivity (Wildman–Crippen MR) is 106 cm³/mol. The summed E-state index contributed by atoms with van der Waals surface area (Å²) in [6, 6.07) is 9.58. The second-order valence-electron chi connectivity index (χ2n) is 8.80. The van der Waals surface area contributed by atoms with Crippen LogP contribution in [0.5, 0.6) is 0 Å². The molecule has 0 aliphatic heterocycles. The number of aliphatic hydroxyl groups is 1. The topological polar surface area (TPSA) is 83.9 Å². The number of benzene rings is 1. The van der Waals surface area contributed by atoms with Gasteiger partial charge in [0.15, 0.2) is 5.78 Å². The molecule has 0 aromatic heterocycles. The second-order valence-corrected chi connectivity index (χ2v) is 8.80. The van der Waals surface area contributed by atoms with Crippen LogP contribution in [-0.2, 0) is 20.9 Å². The van der Waals surface area contributed by atoms with Gasteiger partial charge in [-0.2, -0.15) is 0 Å². The van der Waals surface area contributed by atoms with Crippen molar-refractivity contribution in [1.82, 2.24) is 4.90 Å². The molecule has 1 aromatic rings. The van der Waals surface area contributed by atoms with E-state index in [0.717, 1.165) is 5.56 Å². The van der Waals surface area contributed by atoms with Crippen LogP contribution in [0.3, 0.4) is 0 Å². The number of hydrogen-bond acceptors (Lipinski definition) is 5. The molecule has 1 aromatic carbocycles. The van der Waals surface area contributed by atoms with Crippen molar-refractivity contribution < 1.29 is 24.2 Å². The molecule has 0 spiro atoms. The van der Waals surface area contributed by atoms with E-state index in [0.29, 0.717) is 19.5 Å². The Morgan fingerprint density at radius 3 is 2.39 bits per heavy atom. The molecular weight excluding hydrogens is 358 g/mol. The van der Waals surface area contributed by atoms with Crippen molar-refractivity contribution in [1.29, 1.82) is 0 Å². The van der Waals surface area contributed by atoms with Crippen LogP contribution >= 0.6 is 0 Å². The highest BCUT2D eigenvalue weighted by molar-refractivity contribution is 5.97. The molecule has 6 heteroatoms. The van der Waals surface area contributed by atoms with Crippen molar-refractivity contribution >= 4 is 17.7 Å². The van der Waals surface area contributed by atoms with Gasteiger partial charge in [-0.15, -0.1) is 0 Å². The van der Waals surface area contributed by atoms with Crippen LogP contribution in [0.15, 0.2) is 30.3 Å². The number of ether oxygens (including phenoxy) is 1. The Balaban J connectivity index is 2.14. The summed E-state index contributed by atoms with van der Waals surface area (Å²) in [5.74, 6) is -1.55. The molecule has 1 saturated carbocycles. The van der Waals surface area contributed by atoms with Crippen LogP contribution in [0.2, 0.25) is 0 Å². The Labute approximate surface area is 166 Å². The summed E-state index contributed by atoms with van der Waals surface area (Å²) in [4.78, 5) is 38.5. The van der Waals surface area contributed by atoms with E-state index in [-0.39, 0.29) is 23.9 Å². The number of rotatable bonds is 6. The number of amides is 1. The van der Waals surface area contributed by atoms with Crippen LogP contribution < -0.4 is 0 Å². The lowest BCUT2D eigenvalue weighted by atomic mass is 9.82. The first-order valence-electron chi connectivity index (χ1n) is 9.70. The van der Waals surface area contributed by atoms with E-state index in [1.807, 2.05) is 51.1 Å². The third kappa shape index (κ3) is 5.41. The molecule has 0 unspecified atom stereocenters. The molecule has 0 saturated heterocycles. The van der Waals surface area contributed by atoms with Crippen LogP contribution in [0.4, 0.5) is 4.79 Å². The highest BCUT2D eigenvalue weighted by atomic mass is 16.6. The molecule has 1 aliphatic carbocycles. The molecule has 0 heterocycles. The zero-order valence-corrected chi connectivity index (χ0v) is 17.4. The van der Waals surface area contributed by atoms with Gasteiger partial charge in [-0.05, 0) is 52.5 Å². The Morgan fingerprint density at radius 2 is 1.86 bits per heavy atom. The maximum atomic E-state index is 12.7. The summed E-state index contributed by atoms with van der Waals surface area (Å²) in [7, 11) is 0. The fraction of sp³-hybridized carbons (Fsp3) is 0.591. The first-order valence-corrected chi connectivity index (χ1v) is 9.70. The quantitative estimate of drug-likeness (QED) is 0.806. The summed E-state index contributed by atoms with van der Waals surface area (Å²) >= 11 is 0. The Kier molecular flexibility index (Phi) is 6.65. The molecule has 6 nitrogen and oxygen atoms in total. The fourth-order valence-corrected chi connectivity index (χ4v) is 3.88. The van der Waals surface area contributed by atoms with Gasteiger partial charge in [0.2, 0.25) is 0 Å². The molecule has 154 valence electrons. The molecule has 1 fully saturated rings. The van der Waals surface area contributed by atoms with Gasteiger partial charge >= 0.3 is 6.09 Å². The minimum Gasteiger partial charge on any atom is -0.444 e. The second kappa shape index (κ2) is 8.43. The van der Waals surface area contributed by atoms with E-state index in [1.54, 1.807) is 4.90 Å². The number of hydrogen-bond donors (Lipinski definition) is 1. The van der Waals surface area contributed by atoms with Gasteiger partial charge in [-0.3, -0.25) is 9.59 Å². The number of carbonyl (C=O) groups is 3. The van der Waals surface area contributed by atoms with Gasteiger partial charge in [0.05, 0.1) is 5.92 Å². The Hall–Kier alpha value is -2.21. The lowest BCUT2D eigenvalue weighted by molar-refractivity contribution is -0.141. The molecule has 1 aliphatic rings. The van der Waals surface area contributed by atoms with E-state index >= 15 is 0 Å². The van der Waals surface area contributed by atoms with Crippen LogP contribution in [-0.4, -0.2) is 45.4 Å². The van der Waals surface area contributed by atoms with Gasteiger partial charge in [-0.1, -0.05) is 30.3 Å². The number of Topliss-reactive ketones (excluding diaryl/α,β-unsaturated/α-hetero) is 2. The van der Waals surface area contributed by atoms with Crippen molar-refractivity contribution in [3.05, 3.63) is 35.9 Å². The van der Waals surface area contributed by atoms with E-state index < -0.39 is 23.2 Å². The van der Waals surface area contributed by atoms with Crippen LogP contribution in [0, 0.1) is 11.8 Å². The van der Waals surface area contributed by atoms with Gasteiger partial charge in [0.25, 0.3) is 0 Å². The smallest absolute Gasteiger partial charge is 0.410 e. The van der Waals surface area contributed by atoms with Crippen molar-refractivity contribution in [2.24, 2.45) is 11.8 Å². The lowest BCUT2D eigenvalue weighted by Gasteiger charge is -2.30. The average molecular weight is 389 g/mol. The van der Waals surface area contributed by atoms with Gasteiger partial charge < -0.3 is 14.7 Å². The zero-order valence-electron chi connectivity index (χ0n) is 17.4. The van der Waals surface area contributed by atoms with E-state index in [9.17, 15) is 19.5 Å². The molecule has 0 bridgehead atoms. The van der Waals surface area contributed by atoms with Crippen molar-refractivity contribution in [3.8, 4) is 0 Å². The standard InChI is InChI=1S/C22H31NO5/c1-15(24)19-17(13-18(25)22(19,5)27)11-12-23(20(26)28-21(2,3)4)14-16-9-7-6-8-10-16/h6-10,17,19,27H,11-14H2,1-5H3/t17-,19+,22+/m1/s1. The molecule has 1 amide bonds. The summed E-state index contributed by atoms with van der Waals surface area (Å²) in [5, 5.41) is 10.5. The van der Waals surface area contributed by atoms with Gasteiger partial charge in [0, 0.05) is 19.5 Å². The summed E-state index contributed by atoms with van der Waals surface area (Å²) in [5.41, 5.74) is -1.29. The molecule has 28 heavy (non-hydrogen) atoms. The SMILES string of the molecule is CC(=O)[C@H]1[C@H](CCN(Cc2ccccc2)C(=O)OC(C)(C)C)CC(=O)[C@]1(C)O. The summed E-state index contributed by atoms with van der Waals surface area (Å²) in [6.45, 7) is 8.95. The maximum absolute atomic E-state index is 12.7. The zero-order chi connectivity index (χ0) is 21.1. The largest absolute Gasteiger partial charge is 0.444 e. The minimum absolute atomic E-state index is 0.144. The Morgan fingerprint density at radius 1 is 1.25 bits per heavy atom. The van der Waals surface area contributed by atoms with Crippen LogP contribution in [0.1, 0.15) is 53.0 Å². The van der Waals surface area contributed by atoms with E-state index in [1.165, 1.54) is 13.8 Å². The molecule has 0 radical (unpaired) electrons. The third-order valence-electron chi connectivity index (χ3n) is 5.16. The highest BCUT2D eigenvalue weighted by Crippen LogP contribution is 2.40. The normalized spacial score (nSPS) is 24.9. The van der Waals surface area contributed by atoms with Crippen molar-refractivity contribution in [2.75, 3.05) is 6.54 Å². The number of nitrogens with zero attached hydrogens (tertiary/aromatic N) is 1. The molecule has 3 atom stereocenters. The predicted octanol–water partition coefficient (Wildman–Crippen LogP) is 3.36. The molecule has 2 rings (SSSR count). The highest BCUT2D eigenvalue weighted by Gasteiger charge is 2.52. The van der Waals surface area contributed by atoms with E-state index in [2.05, 4.69) is 0 Å². The average Bonchev–Trinajstić information content (AvgIpc) is 2.79. The van der Waals surface area contributed by atoms with Gasteiger partial charge in [0.1, 0.15) is 17.0 Å². The minimum atomic E-state index is -1.63. The maximum Gasteiger partial charge on any atom is 0.410 e.